The zero-order chi connectivity index (χ0) is 24.7. The molecule has 184 valence electrons. The molecule has 0 saturated carbocycles. The van der Waals surface area contributed by atoms with Gasteiger partial charge in [-0.25, -0.2) is 4.79 Å². The molecule has 9 nitrogen and oxygen atoms in total. The number of piperidine rings is 2. The summed E-state index contributed by atoms with van der Waals surface area (Å²) in [4.78, 5) is 49.5. The Morgan fingerprint density at radius 2 is 1.76 bits per heavy atom. The summed E-state index contributed by atoms with van der Waals surface area (Å²) in [5.74, 6) is -3.47. The number of fused-ring (bicyclic) bond motifs is 1. The number of carboxylic acid groups (broad SMARTS) is 1. The summed E-state index contributed by atoms with van der Waals surface area (Å²) in [5.41, 5.74) is 3.32. The molecule has 1 aromatic carbocycles. The van der Waals surface area contributed by atoms with Crippen molar-refractivity contribution < 1.29 is 37.5 Å². The molecule has 0 aliphatic carbocycles. The lowest BCUT2D eigenvalue weighted by atomic mass is 9.73. The van der Waals surface area contributed by atoms with Crippen molar-refractivity contribution in [2.45, 2.75) is 44.4 Å². The molecule has 3 saturated heterocycles. The highest BCUT2D eigenvalue weighted by atomic mass is 19.4. The fourth-order valence-electron chi connectivity index (χ4n) is 4.92. The zero-order valence-corrected chi connectivity index (χ0v) is 18.3. The minimum atomic E-state index is -5.08. The van der Waals surface area contributed by atoms with Gasteiger partial charge in [-0.05, 0) is 36.8 Å². The highest BCUT2D eigenvalue weighted by Gasteiger charge is 2.43. The molecule has 3 N–H and O–H groups in total. The normalized spacial score (nSPS) is 23.6. The molecule has 1 atom stereocenters. The van der Waals surface area contributed by atoms with Gasteiger partial charge in [-0.15, -0.1) is 0 Å². The molecule has 1 aromatic rings. The van der Waals surface area contributed by atoms with Gasteiger partial charge in [-0.1, -0.05) is 6.07 Å². The number of benzene rings is 1. The Morgan fingerprint density at radius 1 is 1.12 bits per heavy atom. The molecule has 1 spiro atoms. The van der Waals surface area contributed by atoms with Crippen LogP contribution in [0.25, 0.3) is 0 Å². The highest BCUT2D eigenvalue weighted by Crippen LogP contribution is 2.39. The standard InChI is InChI=1S/C20H24N4O3.C2HF3O2/c25-17-5-4-16(18(26)22-17)24-10-14-13(19(24)27)2-1-3-15(14)23-8-6-20(7-9-23)11-21-12-20;3-2(4,5)1(6)7/h1-3,16,21H,4-12H2,(H,22,25,26);(H,6,7). The van der Waals surface area contributed by atoms with E-state index in [0.29, 0.717) is 23.9 Å². The van der Waals surface area contributed by atoms with Crippen LogP contribution in [0, 0.1) is 5.41 Å². The Hall–Kier alpha value is -3.15. The molecular weight excluding hydrogens is 457 g/mol. The molecule has 0 radical (unpaired) electrons. The number of anilines is 1. The number of carbonyl (C=O) groups is 4. The first-order valence-electron chi connectivity index (χ1n) is 11.0. The van der Waals surface area contributed by atoms with E-state index >= 15 is 0 Å². The number of carboxylic acids is 1. The van der Waals surface area contributed by atoms with Crippen molar-refractivity contribution >= 4 is 29.4 Å². The fraction of sp³-hybridized carbons (Fsp3) is 0.545. The van der Waals surface area contributed by atoms with Gasteiger partial charge in [0.25, 0.3) is 5.91 Å². The molecule has 12 heteroatoms. The zero-order valence-electron chi connectivity index (χ0n) is 18.3. The summed E-state index contributed by atoms with van der Waals surface area (Å²) >= 11 is 0. The molecule has 34 heavy (non-hydrogen) atoms. The number of rotatable bonds is 2. The summed E-state index contributed by atoms with van der Waals surface area (Å²) in [6, 6.07) is 5.34. The Balaban J connectivity index is 0.000000344. The Labute approximate surface area is 193 Å². The lowest BCUT2D eigenvalue weighted by molar-refractivity contribution is -0.192. The second-order valence-corrected chi connectivity index (χ2v) is 9.10. The van der Waals surface area contributed by atoms with Crippen LogP contribution in [0.3, 0.4) is 0 Å². The maximum atomic E-state index is 13.0. The molecular formula is C22H25F3N4O5. The molecule has 4 heterocycles. The van der Waals surface area contributed by atoms with Crippen LogP contribution in [0.5, 0.6) is 0 Å². The summed E-state index contributed by atoms with van der Waals surface area (Å²) in [6.45, 7) is 4.69. The van der Waals surface area contributed by atoms with E-state index in [-0.39, 0.29) is 24.1 Å². The number of hydrogen-bond acceptors (Lipinski definition) is 6. The first-order chi connectivity index (χ1) is 16.0. The van der Waals surface area contributed by atoms with Crippen LogP contribution in [-0.4, -0.2) is 72.1 Å². The Bertz CT molecular complexity index is 1010. The fourth-order valence-corrected chi connectivity index (χ4v) is 4.92. The maximum Gasteiger partial charge on any atom is 0.490 e. The third kappa shape index (κ3) is 4.59. The minimum Gasteiger partial charge on any atom is -0.475 e. The molecule has 5 rings (SSSR count). The van der Waals surface area contributed by atoms with Gasteiger partial charge in [0.2, 0.25) is 11.8 Å². The van der Waals surface area contributed by atoms with Crippen molar-refractivity contribution in [3.8, 4) is 0 Å². The number of hydrogen-bond donors (Lipinski definition) is 3. The van der Waals surface area contributed by atoms with Gasteiger partial charge in [0.15, 0.2) is 0 Å². The van der Waals surface area contributed by atoms with Gasteiger partial charge in [0, 0.05) is 56.0 Å². The van der Waals surface area contributed by atoms with Crippen LogP contribution >= 0.6 is 0 Å². The van der Waals surface area contributed by atoms with E-state index in [9.17, 15) is 27.6 Å². The Morgan fingerprint density at radius 3 is 2.29 bits per heavy atom. The monoisotopic (exact) mass is 482 g/mol. The van der Waals surface area contributed by atoms with Crippen LogP contribution < -0.4 is 15.5 Å². The van der Waals surface area contributed by atoms with Crippen molar-refractivity contribution in [2.75, 3.05) is 31.1 Å². The summed E-state index contributed by atoms with van der Waals surface area (Å²) in [7, 11) is 0. The van der Waals surface area contributed by atoms with Crippen LogP contribution in [0.1, 0.15) is 41.6 Å². The van der Waals surface area contributed by atoms with Gasteiger partial charge in [-0.2, -0.15) is 13.2 Å². The summed E-state index contributed by atoms with van der Waals surface area (Å²) < 4.78 is 31.7. The van der Waals surface area contributed by atoms with Gasteiger partial charge in [-0.3, -0.25) is 19.7 Å². The highest BCUT2D eigenvalue weighted by molar-refractivity contribution is 6.06. The van der Waals surface area contributed by atoms with E-state index in [0.717, 1.165) is 37.4 Å². The number of alkyl halides is 3. The second-order valence-electron chi connectivity index (χ2n) is 9.10. The molecule has 3 fully saturated rings. The van der Waals surface area contributed by atoms with Crippen LogP contribution in [0.4, 0.5) is 18.9 Å². The van der Waals surface area contributed by atoms with Crippen molar-refractivity contribution in [1.82, 2.24) is 15.5 Å². The smallest absolute Gasteiger partial charge is 0.475 e. The van der Waals surface area contributed by atoms with Crippen molar-refractivity contribution in [2.24, 2.45) is 5.41 Å². The minimum absolute atomic E-state index is 0.0991. The van der Waals surface area contributed by atoms with Crippen molar-refractivity contribution in [3.63, 3.8) is 0 Å². The van der Waals surface area contributed by atoms with Crippen molar-refractivity contribution in [1.29, 1.82) is 0 Å². The number of imide groups is 1. The second kappa shape index (κ2) is 8.90. The number of carbonyl (C=O) groups excluding carboxylic acids is 3. The van der Waals surface area contributed by atoms with E-state index in [2.05, 4.69) is 21.6 Å². The van der Waals surface area contributed by atoms with Gasteiger partial charge >= 0.3 is 12.1 Å². The predicted octanol–water partition coefficient (Wildman–Crippen LogP) is 1.27. The Kier molecular flexibility index (Phi) is 6.28. The number of aliphatic carboxylic acids is 1. The molecule has 0 bridgehead atoms. The van der Waals surface area contributed by atoms with E-state index < -0.39 is 18.2 Å². The number of amides is 3. The SMILES string of the molecule is O=C(O)C(F)(F)F.O=C1CCC(N2Cc3c(cccc3N3CCC4(CC3)CNC4)C2=O)C(=O)N1. The molecule has 0 aromatic heterocycles. The molecule has 1 unspecified atom stereocenters. The average Bonchev–Trinajstić information content (AvgIpc) is 3.09. The largest absolute Gasteiger partial charge is 0.490 e. The molecule has 4 aliphatic heterocycles. The van der Waals surface area contributed by atoms with Crippen molar-refractivity contribution in [3.05, 3.63) is 29.3 Å². The topological polar surface area (TPSA) is 119 Å². The number of halogens is 3. The predicted molar refractivity (Wildman–Crippen MR) is 113 cm³/mol. The van der Waals surface area contributed by atoms with E-state index in [1.165, 1.54) is 12.8 Å². The third-order valence-electron chi connectivity index (χ3n) is 6.96. The van der Waals surface area contributed by atoms with E-state index in [4.69, 9.17) is 9.90 Å². The first kappa shape index (κ1) is 24.0. The lowest BCUT2D eigenvalue weighted by Crippen LogP contribution is -2.58. The van der Waals surface area contributed by atoms with Gasteiger partial charge in [0.1, 0.15) is 6.04 Å². The lowest BCUT2D eigenvalue weighted by Gasteiger charge is -2.49. The van der Waals surface area contributed by atoms with Crippen LogP contribution in [0.15, 0.2) is 18.2 Å². The van der Waals surface area contributed by atoms with E-state index in [1.807, 2.05) is 12.1 Å². The molecule has 3 amide bonds. The van der Waals surface area contributed by atoms with Gasteiger partial charge < -0.3 is 20.2 Å². The van der Waals surface area contributed by atoms with Gasteiger partial charge in [0.05, 0.1) is 0 Å². The third-order valence-corrected chi connectivity index (χ3v) is 6.96. The number of nitrogens with zero attached hydrogens (tertiary/aromatic N) is 2. The van der Waals surface area contributed by atoms with Crippen LogP contribution in [-0.2, 0) is 20.9 Å². The van der Waals surface area contributed by atoms with E-state index in [1.54, 1.807) is 4.90 Å². The first-order valence-corrected chi connectivity index (χ1v) is 11.0. The summed E-state index contributed by atoms with van der Waals surface area (Å²) in [6.07, 6.45) is -2.05. The summed E-state index contributed by atoms with van der Waals surface area (Å²) in [5, 5.41) is 12.9. The average molecular weight is 482 g/mol. The quantitative estimate of drug-likeness (QED) is 0.544. The maximum absolute atomic E-state index is 13.0. The molecule has 4 aliphatic rings. The number of nitrogens with one attached hydrogen (secondary N) is 2. The van der Waals surface area contributed by atoms with Crippen LogP contribution in [0.2, 0.25) is 0 Å².